The summed E-state index contributed by atoms with van der Waals surface area (Å²) in [4.78, 5) is 24.0. The Kier molecular flexibility index (Phi) is 8.52. The van der Waals surface area contributed by atoms with Crippen molar-refractivity contribution in [2.45, 2.75) is 11.5 Å². The van der Waals surface area contributed by atoms with E-state index in [1.807, 2.05) is 30.3 Å². The van der Waals surface area contributed by atoms with Crippen LogP contribution >= 0.6 is 0 Å². The van der Waals surface area contributed by atoms with E-state index in [0.29, 0.717) is 30.2 Å². The number of halogens is 2. The molecule has 0 aliphatic rings. The number of anilines is 2. The zero-order valence-electron chi connectivity index (χ0n) is 20.3. The van der Waals surface area contributed by atoms with Crippen LogP contribution in [0.1, 0.15) is 15.9 Å². The van der Waals surface area contributed by atoms with Gasteiger partial charge in [-0.15, -0.1) is 0 Å². The van der Waals surface area contributed by atoms with Gasteiger partial charge in [-0.05, 0) is 72.3 Å². The topological polar surface area (TPSA) is 111 Å². The average Bonchev–Trinajstić information content (AvgIpc) is 2.93. The molecule has 4 aromatic rings. The molecule has 0 spiro atoms. The van der Waals surface area contributed by atoms with Gasteiger partial charge in [0.2, 0.25) is 0 Å². The number of carbonyl (C=O) groups excluding carboxylic acids is 2. The second-order valence-electron chi connectivity index (χ2n) is 8.18. The lowest BCUT2D eigenvalue weighted by molar-refractivity contribution is -0.119. The first-order valence-electron chi connectivity index (χ1n) is 11.5. The number of nitrogens with one attached hydrogen (secondary N) is 2. The van der Waals surface area contributed by atoms with Gasteiger partial charge in [-0.2, -0.15) is 0 Å². The summed E-state index contributed by atoms with van der Waals surface area (Å²) in [5, 5.41) is 2.61. The van der Waals surface area contributed by atoms with Gasteiger partial charge in [-0.3, -0.25) is 9.52 Å². The van der Waals surface area contributed by atoms with Gasteiger partial charge in [0, 0.05) is 11.4 Å². The van der Waals surface area contributed by atoms with E-state index in [0.717, 1.165) is 11.6 Å². The summed E-state index contributed by atoms with van der Waals surface area (Å²) in [6, 6.07) is 23.7. The molecule has 0 aliphatic heterocycles. The Labute approximate surface area is 223 Å². The predicted molar refractivity (Wildman–Crippen MR) is 140 cm³/mol. The molecule has 1 amide bonds. The normalized spacial score (nSPS) is 10.9. The van der Waals surface area contributed by atoms with Gasteiger partial charge in [-0.1, -0.05) is 30.3 Å². The molecule has 4 rings (SSSR count). The predicted octanol–water partition coefficient (Wildman–Crippen LogP) is 5.14. The fourth-order valence-electron chi connectivity index (χ4n) is 3.32. The van der Waals surface area contributed by atoms with E-state index in [9.17, 15) is 26.8 Å². The molecule has 0 unspecified atom stereocenters. The number of benzene rings is 4. The van der Waals surface area contributed by atoms with Crippen molar-refractivity contribution in [3.8, 4) is 5.75 Å². The first-order valence-corrected chi connectivity index (χ1v) is 13.0. The molecular formula is C28H22F2N2O6S. The largest absolute Gasteiger partial charge is 0.489 e. The molecule has 0 saturated heterocycles. The lowest BCUT2D eigenvalue weighted by Gasteiger charge is -2.10. The van der Waals surface area contributed by atoms with Crippen LogP contribution in [0.3, 0.4) is 0 Å². The van der Waals surface area contributed by atoms with Crippen molar-refractivity contribution in [2.75, 3.05) is 16.6 Å². The molecule has 0 fully saturated rings. The fraction of sp³-hybridized carbons (Fsp3) is 0.0714. The molecule has 39 heavy (non-hydrogen) atoms. The van der Waals surface area contributed by atoms with Crippen molar-refractivity contribution in [3.05, 3.63) is 120 Å². The summed E-state index contributed by atoms with van der Waals surface area (Å²) in [7, 11) is -4.19. The molecule has 4 aromatic carbocycles. The zero-order chi connectivity index (χ0) is 27.8. The Morgan fingerprint density at radius 1 is 0.769 bits per heavy atom. The van der Waals surface area contributed by atoms with E-state index in [2.05, 4.69) is 10.0 Å². The van der Waals surface area contributed by atoms with E-state index in [-0.39, 0.29) is 11.3 Å². The average molecular weight is 553 g/mol. The van der Waals surface area contributed by atoms with E-state index in [1.165, 1.54) is 24.3 Å². The molecule has 2 N–H and O–H groups in total. The molecular weight excluding hydrogens is 530 g/mol. The summed E-state index contributed by atoms with van der Waals surface area (Å²) in [6.45, 7) is -0.140. The van der Waals surface area contributed by atoms with Crippen LogP contribution in [-0.4, -0.2) is 26.9 Å². The number of sulfonamides is 1. The van der Waals surface area contributed by atoms with Crippen LogP contribution in [0.15, 0.2) is 102 Å². The summed E-state index contributed by atoms with van der Waals surface area (Å²) in [5.41, 5.74) is 1.65. The number of ether oxygens (including phenoxy) is 2. The van der Waals surface area contributed by atoms with E-state index in [1.54, 1.807) is 24.3 Å². The van der Waals surface area contributed by atoms with Gasteiger partial charge < -0.3 is 14.8 Å². The number of esters is 1. The van der Waals surface area contributed by atoms with Gasteiger partial charge in [0.15, 0.2) is 18.2 Å². The molecule has 0 heterocycles. The highest BCUT2D eigenvalue weighted by Crippen LogP contribution is 2.20. The maximum atomic E-state index is 13.4. The Morgan fingerprint density at radius 2 is 1.44 bits per heavy atom. The van der Waals surface area contributed by atoms with Crippen LogP contribution in [0.5, 0.6) is 5.75 Å². The first-order chi connectivity index (χ1) is 18.7. The first kappa shape index (κ1) is 27.3. The minimum atomic E-state index is -4.19. The summed E-state index contributed by atoms with van der Waals surface area (Å²) >= 11 is 0. The lowest BCUT2D eigenvalue weighted by Crippen LogP contribution is -2.21. The third-order valence-electron chi connectivity index (χ3n) is 5.29. The van der Waals surface area contributed by atoms with E-state index >= 15 is 0 Å². The molecule has 0 bridgehead atoms. The van der Waals surface area contributed by atoms with Crippen molar-refractivity contribution < 1.29 is 36.3 Å². The van der Waals surface area contributed by atoms with Crippen LogP contribution in [0.25, 0.3) is 0 Å². The van der Waals surface area contributed by atoms with E-state index in [4.69, 9.17) is 9.47 Å². The third kappa shape index (κ3) is 7.62. The molecule has 0 aliphatic carbocycles. The van der Waals surface area contributed by atoms with Crippen molar-refractivity contribution in [1.29, 1.82) is 0 Å². The molecule has 200 valence electrons. The maximum absolute atomic E-state index is 13.4. The Bertz CT molecular complexity index is 1560. The fourth-order valence-corrected chi connectivity index (χ4v) is 4.39. The van der Waals surface area contributed by atoms with Crippen LogP contribution < -0.4 is 14.8 Å². The van der Waals surface area contributed by atoms with Crippen molar-refractivity contribution in [3.63, 3.8) is 0 Å². The molecule has 0 atom stereocenters. The standard InChI is InChI=1S/C28H22F2N2O6S/c29-25-15-14-24(16-26(25)30)39(35,36)32-22-8-6-20(7-9-22)28(34)38-18-27(33)31-21-10-12-23(13-11-21)37-17-19-4-2-1-3-5-19/h1-16,32H,17-18H2,(H,31,33). The van der Waals surface area contributed by atoms with Crippen molar-refractivity contribution >= 4 is 33.3 Å². The SMILES string of the molecule is O=C(COC(=O)c1ccc(NS(=O)(=O)c2ccc(F)c(F)c2)cc1)Nc1ccc(OCc2ccccc2)cc1. The Morgan fingerprint density at radius 3 is 2.10 bits per heavy atom. The monoisotopic (exact) mass is 552 g/mol. The van der Waals surface area contributed by atoms with Crippen LogP contribution in [0, 0.1) is 11.6 Å². The minimum Gasteiger partial charge on any atom is -0.489 e. The van der Waals surface area contributed by atoms with Crippen LogP contribution in [0.2, 0.25) is 0 Å². The second-order valence-corrected chi connectivity index (χ2v) is 9.86. The van der Waals surface area contributed by atoms with Gasteiger partial charge in [-0.25, -0.2) is 22.0 Å². The van der Waals surface area contributed by atoms with Gasteiger partial charge in [0.25, 0.3) is 15.9 Å². The number of hydrogen-bond donors (Lipinski definition) is 2. The Balaban J connectivity index is 1.25. The van der Waals surface area contributed by atoms with Gasteiger partial charge in [0.1, 0.15) is 12.4 Å². The molecule has 0 saturated carbocycles. The van der Waals surface area contributed by atoms with Crippen LogP contribution in [0.4, 0.5) is 20.2 Å². The number of amides is 1. The quantitative estimate of drug-likeness (QED) is 0.264. The van der Waals surface area contributed by atoms with Crippen molar-refractivity contribution in [2.24, 2.45) is 0 Å². The minimum absolute atomic E-state index is 0.0680. The highest BCUT2D eigenvalue weighted by molar-refractivity contribution is 7.92. The number of hydrogen-bond acceptors (Lipinski definition) is 6. The Hall–Kier alpha value is -4.77. The summed E-state index contributed by atoms with van der Waals surface area (Å²) < 4.78 is 64.1. The second kappa shape index (κ2) is 12.2. The summed E-state index contributed by atoms with van der Waals surface area (Å²) in [6.07, 6.45) is 0. The molecule has 0 radical (unpaired) electrons. The maximum Gasteiger partial charge on any atom is 0.338 e. The van der Waals surface area contributed by atoms with Gasteiger partial charge >= 0.3 is 5.97 Å². The smallest absolute Gasteiger partial charge is 0.338 e. The molecule has 0 aromatic heterocycles. The summed E-state index contributed by atoms with van der Waals surface area (Å²) in [5.74, 6) is -3.21. The van der Waals surface area contributed by atoms with Crippen LogP contribution in [-0.2, 0) is 26.2 Å². The van der Waals surface area contributed by atoms with Crippen molar-refractivity contribution in [1.82, 2.24) is 0 Å². The number of carbonyl (C=O) groups is 2. The lowest BCUT2D eigenvalue weighted by atomic mass is 10.2. The molecule has 11 heteroatoms. The van der Waals surface area contributed by atoms with E-state index < -0.39 is 45.0 Å². The third-order valence-corrected chi connectivity index (χ3v) is 6.67. The molecule has 8 nitrogen and oxygen atoms in total. The van der Waals surface area contributed by atoms with Gasteiger partial charge in [0.05, 0.1) is 10.5 Å². The highest BCUT2D eigenvalue weighted by atomic mass is 32.2. The number of rotatable bonds is 10. The zero-order valence-corrected chi connectivity index (χ0v) is 21.1. The highest BCUT2D eigenvalue weighted by Gasteiger charge is 2.17.